The van der Waals surface area contributed by atoms with Gasteiger partial charge in [-0.25, -0.2) is 0 Å². The Bertz CT molecular complexity index is 546. The van der Waals surface area contributed by atoms with Crippen molar-refractivity contribution in [2.75, 3.05) is 25.9 Å². The van der Waals surface area contributed by atoms with Gasteiger partial charge in [0.05, 0.1) is 15.7 Å². The first-order chi connectivity index (χ1) is 9.93. The fourth-order valence-electron chi connectivity index (χ4n) is 2.44. The highest BCUT2D eigenvalue weighted by Crippen LogP contribution is 2.30. The molecule has 1 aliphatic rings. The molecule has 114 valence electrons. The second-order valence-corrected chi connectivity index (χ2v) is 5.85. The Labute approximate surface area is 133 Å². The predicted octanol–water partition coefficient (Wildman–Crippen LogP) is 2.17. The maximum atomic E-state index is 12.4. The van der Waals surface area contributed by atoms with Crippen LogP contribution in [0.2, 0.25) is 10.0 Å². The van der Waals surface area contributed by atoms with Gasteiger partial charge in [0.2, 0.25) is 5.91 Å². The summed E-state index contributed by atoms with van der Waals surface area (Å²) in [4.78, 5) is 25.7. The zero-order valence-electron chi connectivity index (χ0n) is 11.7. The quantitative estimate of drug-likeness (QED) is 0.816. The van der Waals surface area contributed by atoms with Gasteiger partial charge >= 0.3 is 0 Å². The molecular formula is C14H17Cl2N3O2. The summed E-state index contributed by atoms with van der Waals surface area (Å²) in [6.07, 6.45) is 1.31. The van der Waals surface area contributed by atoms with Crippen molar-refractivity contribution in [1.29, 1.82) is 0 Å². The molecule has 0 atom stereocenters. The molecule has 0 aliphatic carbocycles. The van der Waals surface area contributed by atoms with Crippen molar-refractivity contribution in [2.45, 2.75) is 12.8 Å². The number of nitrogens with two attached hydrogens (primary N) is 1. The molecule has 3 N–H and O–H groups in total. The van der Waals surface area contributed by atoms with Crippen LogP contribution in [-0.2, 0) is 4.79 Å². The van der Waals surface area contributed by atoms with E-state index in [2.05, 4.69) is 5.32 Å². The number of rotatable bonds is 2. The van der Waals surface area contributed by atoms with Crippen molar-refractivity contribution < 1.29 is 9.59 Å². The van der Waals surface area contributed by atoms with Crippen molar-refractivity contribution in [3.63, 3.8) is 0 Å². The molecule has 1 heterocycles. The zero-order chi connectivity index (χ0) is 15.6. The SMILES string of the molecule is CNC(=O)C1CCN(C(=O)c2cc(Cl)c(N)c(Cl)c2)CC1. The number of nitrogen functional groups attached to an aromatic ring is 1. The number of nitrogens with one attached hydrogen (secondary N) is 1. The summed E-state index contributed by atoms with van der Waals surface area (Å²) in [7, 11) is 1.62. The highest BCUT2D eigenvalue weighted by molar-refractivity contribution is 6.39. The third-order valence-corrected chi connectivity index (χ3v) is 4.35. The number of carbonyl (C=O) groups is 2. The number of piperidine rings is 1. The molecule has 0 aromatic heterocycles. The van der Waals surface area contributed by atoms with Gasteiger partial charge in [0.15, 0.2) is 0 Å². The molecule has 1 aromatic rings. The summed E-state index contributed by atoms with van der Waals surface area (Å²) in [6, 6.07) is 3.05. The van der Waals surface area contributed by atoms with Gasteiger partial charge < -0.3 is 16.0 Å². The van der Waals surface area contributed by atoms with Crippen LogP contribution in [0.5, 0.6) is 0 Å². The van der Waals surface area contributed by atoms with E-state index in [1.807, 2.05) is 0 Å². The summed E-state index contributed by atoms with van der Waals surface area (Å²) >= 11 is 11.9. The molecule has 7 heteroatoms. The Morgan fingerprint density at radius 3 is 2.24 bits per heavy atom. The van der Waals surface area contributed by atoms with E-state index in [0.717, 1.165) is 0 Å². The number of carbonyl (C=O) groups excluding carboxylic acids is 2. The second-order valence-electron chi connectivity index (χ2n) is 5.03. The van der Waals surface area contributed by atoms with Gasteiger partial charge in [0.1, 0.15) is 0 Å². The van der Waals surface area contributed by atoms with E-state index >= 15 is 0 Å². The summed E-state index contributed by atoms with van der Waals surface area (Å²) in [5, 5.41) is 3.18. The largest absolute Gasteiger partial charge is 0.396 e. The standard InChI is InChI=1S/C14H17Cl2N3O2/c1-18-13(20)8-2-4-19(5-3-8)14(21)9-6-10(15)12(17)11(16)7-9/h6-8H,2-5,17H2,1H3,(H,18,20). The first kappa shape index (κ1) is 15.9. The Morgan fingerprint density at radius 2 is 1.76 bits per heavy atom. The monoisotopic (exact) mass is 329 g/mol. The lowest BCUT2D eigenvalue weighted by Crippen LogP contribution is -2.42. The molecule has 0 unspecified atom stereocenters. The molecule has 5 nitrogen and oxygen atoms in total. The van der Waals surface area contributed by atoms with Crippen molar-refractivity contribution in [3.05, 3.63) is 27.7 Å². The first-order valence-electron chi connectivity index (χ1n) is 6.69. The molecule has 0 bridgehead atoms. The molecule has 2 rings (SSSR count). The molecule has 1 saturated heterocycles. The van der Waals surface area contributed by atoms with Crippen molar-refractivity contribution in [2.24, 2.45) is 5.92 Å². The maximum absolute atomic E-state index is 12.4. The predicted molar refractivity (Wildman–Crippen MR) is 83.6 cm³/mol. The average molecular weight is 330 g/mol. The number of halogens is 2. The van der Waals surface area contributed by atoms with E-state index in [1.165, 1.54) is 12.1 Å². The van der Waals surface area contributed by atoms with E-state index in [0.29, 0.717) is 31.5 Å². The van der Waals surface area contributed by atoms with Crippen molar-refractivity contribution in [1.82, 2.24) is 10.2 Å². The van der Waals surface area contributed by atoms with E-state index in [4.69, 9.17) is 28.9 Å². The van der Waals surface area contributed by atoms with Crippen LogP contribution in [0.25, 0.3) is 0 Å². The van der Waals surface area contributed by atoms with Crippen molar-refractivity contribution in [3.8, 4) is 0 Å². The van der Waals surface area contributed by atoms with Gasteiger partial charge in [-0.15, -0.1) is 0 Å². The normalized spacial score (nSPS) is 15.9. The van der Waals surface area contributed by atoms with Crippen molar-refractivity contribution >= 4 is 40.7 Å². The Morgan fingerprint density at radius 1 is 1.24 bits per heavy atom. The number of hydrogen-bond acceptors (Lipinski definition) is 3. The molecule has 1 aromatic carbocycles. The Kier molecular flexibility index (Phi) is 4.96. The molecule has 0 radical (unpaired) electrons. The molecule has 1 fully saturated rings. The van der Waals surface area contributed by atoms with Gasteiger partial charge in [-0.3, -0.25) is 9.59 Å². The minimum Gasteiger partial charge on any atom is -0.396 e. The summed E-state index contributed by atoms with van der Waals surface area (Å²) in [5.41, 5.74) is 6.35. The van der Waals surface area contributed by atoms with Crippen LogP contribution < -0.4 is 11.1 Å². The van der Waals surface area contributed by atoms with E-state index in [1.54, 1.807) is 11.9 Å². The number of anilines is 1. The van der Waals surface area contributed by atoms with Crippen LogP contribution in [0.3, 0.4) is 0 Å². The third kappa shape index (κ3) is 3.41. The number of nitrogens with zero attached hydrogens (tertiary/aromatic N) is 1. The smallest absolute Gasteiger partial charge is 0.253 e. The Hall–Kier alpha value is -1.46. The lowest BCUT2D eigenvalue weighted by atomic mass is 9.95. The fraction of sp³-hybridized carbons (Fsp3) is 0.429. The van der Waals surface area contributed by atoms with Gasteiger partial charge in [0.25, 0.3) is 5.91 Å². The third-order valence-electron chi connectivity index (χ3n) is 3.73. The average Bonchev–Trinajstić information content (AvgIpc) is 2.50. The minimum absolute atomic E-state index is 0.0284. The lowest BCUT2D eigenvalue weighted by Gasteiger charge is -2.31. The number of likely N-dealkylation sites (tertiary alicyclic amines) is 1. The highest BCUT2D eigenvalue weighted by atomic mass is 35.5. The fourth-order valence-corrected chi connectivity index (χ4v) is 2.93. The molecule has 21 heavy (non-hydrogen) atoms. The van der Waals surface area contributed by atoms with Crippen LogP contribution >= 0.6 is 23.2 Å². The molecule has 0 spiro atoms. The molecule has 0 saturated carbocycles. The number of amides is 2. The Balaban J connectivity index is 2.07. The summed E-state index contributed by atoms with van der Waals surface area (Å²) in [6.45, 7) is 1.08. The van der Waals surface area contributed by atoms with Gasteiger partial charge in [0, 0.05) is 31.6 Å². The maximum Gasteiger partial charge on any atom is 0.253 e. The number of hydrogen-bond donors (Lipinski definition) is 2. The summed E-state index contributed by atoms with van der Waals surface area (Å²) < 4.78 is 0. The van der Waals surface area contributed by atoms with E-state index in [9.17, 15) is 9.59 Å². The van der Waals surface area contributed by atoms with Crippen LogP contribution in [0.15, 0.2) is 12.1 Å². The van der Waals surface area contributed by atoms with E-state index in [-0.39, 0.29) is 33.5 Å². The van der Waals surface area contributed by atoms with Gasteiger partial charge in [-0.2, -0.15) is 0 Å². The van der Waals surface area contributed by atoms with Gasteiger partial charge in [-0.05, 0) is 25.0 Å². The topological polar surface area (TPSA) is 75.4 Å². The van der Waals surface area contributed by atoms with E-state index < -0.39 is 0 Å². The lowest BCUT2D eigenvalue weighted by molar-refractivity contribution is -0.125. The van der Waals surface area contributed by atoms with Crippen LogP contribution in [0.4, 0.5) is 5.69 Å². The molecule has 1 aliphatic heterocycles. The van der Waals surface area contributed by atoms with Crippen LogP contribution in [-0.4, -0.2) is 36.9 Å². The second kappa shape index (κ2) is 6.54. The zero-order valence-corrected chi connectivity index (χ0v) is 13.2. The van der Waals surface area contributed by atoms with Crippen LogP contribution in [0.1, 0.15) is 23.2 Å². The first-order valence-corrected chi connectivity index (χ1v) is 7.45. The highest BCUT2D eigenvalue weighted by Gasteiger charge is 2.27. The van der Waals surface area contributed by atoms with Gasteiger partial charge in [-0.1, -0.05) is 23.2 Å². The van der Waals surface area contributed by atoms with Crippen LogP contribution in [0, 0.1) is 5.92 Å². The molecule has 2 amide bonds. The number of benzene rings is 1. The minimum atomic E-state index is -0.144. The molecular weight excluding hydrogens is 313 g/mol. The summed E-state index contributed by atoms with van der Waals surface area (Å²) in [5.74, 6) is -0.146.